The summed E-state index contributed by atoms with van der Waals surface area (Å²) >= 11 is 5.81. The van der Waals surface area contributed by atoms with Gasteiger partial charge in [-0.3, -0.25) is 14.4 Å². The van der Waals surface area contributed by atoms with Crippen molar-refractivity contribution < 1.29 is 18.8 Å². The van der Waals surface area contributed by atoms with Gasteiger partial charge in [0.15, 0.2) is 5.76 Å². The topological polar surface area (TPSA) is 139 Å². The Morgan fingerprint density at radius 3 is 2.45 bits per heavy atom. The highest BCUT2D eigenvalue weighted by molar-refractivity contribution is 6.30. The third-order valence-electron chi connectivity index (χ3n) is 3.63. The first kappa shape index (κ1) is 19.9. The van der Waals surface area contributed by atoms with Crippen LogP contribution in [0.15, 0.2) is 59.2 Å². The summed E-state index contributed by atoms with van der Waals surface area (Å²) in [6.45, 7) is -0.245. The molecule has 2 aromatic heterocycles. The molecule has 0 spiro atoms. The fourth-order valence-corrected chi connectivity index (χ4v) is 2.60. The highest BCUT2D eigenvalue weighted by Gasteiger charge is 2.12. The Kier molecular flexibility index (Phi) is 6.10. The van der Waals surface area contributed by atoms with Gasteiger partial charge >= 0.3 is 0 Å². The molecule has 9 nitrogen and oxygen atoms in total. The van der Waals surface area contributed by atoms with Crippen LogP contribution in [0.4, 0.5) is 17.2 Å². The molecule has 3 amide bonds. The van der Waals surface area contributed by atoms with Crippen LogP contribution in [0, 0.1) is 0 Å². The van der Waals surface area contributed by atoms with Crippen LogP contribution in [0.3, 0.4) is 0 Å². The molecule has 0 saturated heterocycles. The smallest absolute Gasteiger partial charge is 0.287 e. The van der Waals surface area contributed by atoms with Crippen molar-refractivity contribution in [3.63, 3.8) is 0 Å². The lowest BCUT2D eigenvalue weighted by Gasteiger charge is -2.10. The van der Waals surface area contributed by atoms with E-state index in [1.165, 1.54) is 24.5 Å². The Labute approximate surface area is 170 Å². The van der Waals surface area contributed by atoms with E-state index in [0.29, 0.717) is 11.4 Å². The van der Waals surface area contributed by atoms with Gasteiger partial charge in [-0.1, -0.05) is 17.7 Å². The van der Waals surface area contributed by atoms with Gasteiger partial charge in [0.2, 0.25) is 5.91 Å². The Morgan fingerprint density at radius 1 is 1.00 bits per heavy atom. The summed E-state index contributed by atoms with van der Waals surface area (Å²) in [4.78, 5) is 39.9. The lowest BCUT2D eigenvalue weighted by molar-refractivity contribution is -0.115. The van der Waals surface area contributed by atoms with E-state index in [1.807, 2.05) is 0 Å². The summed E-state index contributed by atoms with van der Waals surface area (Å²) in [5.74, 6) is -1.14. The van der Waals surface area contributed by atoms with Gasteiger partial charge in [0.1, 0.15) is 11.0 Å². The zero-order valence-electron chi connectivity index (χ0n) is 14.9. The van der Waals surface area contributed by atoms with E-state index < -0.39 is 17.7 Å². The van der Waals surface area contributed by atoms with E-state index in [4.69, 9.17) is 21.8 Å². The van der Waals surface area contributed by atoms with E-state index >= 15 is 0 Å². The number of aromatic nitrogens is 1. The highest BCUT2D eigenvalue weighted by Crippen LogP contribution is 2.18. The molecule has 0 aliphatic carbocycles. The molecule has 3 rings (SSSR count). The van der Waals surface area contributed by atoms with Crippen molar-refractivity contribution in [2.75, 3.05) is 22.9 Å². The first-order valence-corrected chi connectivity index (χ1v) is 8.74. The maximum absolute atomic E-state index is 12.3. The second kappa shape index (κ2) is 8.89. The molecule has 1 aromatic carbocycles. The predicted octanol–water partition coefficient (Wildman–Crippen LogP) is 2.53. The third kappa shape index (κ3) is 5.56. The minimum Gasteiger partial charge on any atom is -0.459 e. The van der Waals surface area contributed by atoms with Crippen molar-refractivity contribution >= 4 is 46.5 Å². The summed E-state index contributed by atoms with van der Waals surface area (Å²) < 4.78 is 4.95. The number of hydrogen-bond acceptors (Lipinski definition) is 6. The molecule has 0 aliphatic heterocycles. The zero-order chi connectivity index (χ0) is 20.8. The minimum atomic E-state index is -0.499. The number of hydrogen-bond donors (Lipinski definition) is 4. The van der Waals surface area contributed by atoms with Crippen molar-refractivity contribution in [2.24, 2.45) is 0 Å². The number of carbonyl (C=O) groups is 3. The average Bonchev–Trinajstić information content (AvgIpc) is 3.20. The summed E-state index contributed by atoms with van der Waals surface area (Å²) in [5.41, 5.74) is 6.72. The maximum atomic E-state index is 12.3. The predicted molar refractivity (Wildman–Crippen MR) is 108 cm³/mol. The van der Waals surface area contributed by atoms with Crippen LogP contribution < -0.4 is 21.7 Å². The molecule has 0 atom stereocenters. The van der Waals surface area contributed by atoms with E-state index in [0.717, 1.165) is 0 Å². The molecular weight excluding hydrogens is 398 g/mol. The van der Waals surface area contributed by atoms with Crippen LogP contribution in [-0.2, 0) is 4.79 Å². The van der Waals surface area contributed by atoms with Gasteiger partial charge in [-0.2, -0.15) is 0 Å². The van der Waals surface area contributed by atoms with Crippen LogP contribution in [0.5, 0.6) is 0 Å². The quantitative estimate of drug-likeness (QED) is 0.458. The Hall–Kier alpha value is -3.85. The van der Waals surface area contributed by atoms with Gasteiger partial charge < -0.3 is 26.1 Å². The van der Waals surface area contributed by atoms with Crippen LogP contribution >= 0.6 is 11.6 Å². The molecule has 148 valence electrons. The second-order valence-corrected chi connectivity index (χ2v) is 6.23. The SMILES string of the molecule is Nc1cc(C(=O)Nc2cccc(NC(=O)CNC(=O)c3ccco3)c2)cc(Cl)n1. The maximum Gasteiger partial charge on any atom is 0.287 e. The van der Waals surface area contributed by atoms with E-state index in [9.17, 15) is 14.4 Å². The standard InChI is InChI=1S/C19H16ClN5O4/c20-15-7-11(8-16(21)25-15)18(27)24-13-4-1-3-12(9-13)23-17(26)10-22-19(28)14-5-2-6-29-14/h1-9H,10H2,(H2,21,25)(H,22,28)(H,23,26)(H,24,27). The highest BCUT2D eigenvalue weighted by atomic mass is 35.5. The van der Waals surface area contributed by atoms with E-state index in [2.05, 4.69) is 20.9 Å². The fourth-order valence-electron chi connectivity index (χ4n) is 2.39. The number of halogens is 1. The first-order chi connectivity index (χ1) is 13.9. The number of nitrogens with one attached hydrogen (secondary N) is 3. The largest absolute Gasteiger partial charge is 0.459 e. The molecule has 3 aromatic rings. The Balaban J connectivity index is 1.58. The van der Waals surface area contributed by atoms with Crippen molar-refractivity contribution in [1.82, 2.24) is 10.3 Å². The molecule has 10 heteroatoms. The molecule has 0 fully saturated rings. The van der Waals surface area contributed by atoms with Gasteiger partial charge in [-0.25, -0.2) is 4.98 Å². The number of nitrogen functional groups attached to an aromatic ring is 1. The number of pyridine rings is 1. The van der Waals surface area contributed by atoms with Gasteiger partial charge in [0.25, 0.3) is 11.8 Å². The number of rotatable bonds is 6. The van der Waals surface area contributed by atoms with Crippen LogP contribution in [0.1, 0.15) is 20.9 Å². The molecule has 0 saturated carbocycles. The van der Waals surface area contributed by atoms with E-state index in [1.54, 1.807) is 30.3 Å². The zero-order valence-corrected chi connectivity index (χ0v) is 15.7. The molecule has 0 bridgehead atoms. The first-order valence-electron chi connectivity index (χ1n) is 8.37. The fraction of sp³-hybridized carbons (Fsp3) is 0.0526. The van der Waals surface area contributed by atoms with Crippen molar-refractivity contribution in [1.29, 1.82) is 0 Å². The van der Waals surface area contributed by atoms with Gasteiger partial charge in [-0.05, 0) is 42.5 Å². The normalized spacial score (nSPS) is 10.2. The molecule has 5 N–H and O–H groups in total. The van der Waals surface area contributed by atoms with Crippen molar-refractivity contribution in [3.8, 4) is 0 Å². The summed E-state index contributed by atoms with van der Waals surface area (Å²) in [5, 5.41) is 7.85. The Morgan fingerprint density at radius 2 is 1.76 bits per heavy atom. The summed E-state index contributed by atoms with van der Waals surface area (Å²) in [6, 6.07) is 12.4. The lowest BCUT2D eigenvalue weighted by atomic mass is 10.2. The van der Waals surface area contributed by atoms with E-state index in [-0.39, 0.29) is 28.8 Å². The number of benzene rings is 1. The van der Waals surface area contributed by atoms with Gasteiger partial charge in [0.05, 0.1) is 12.8 Å². The monoisotopic (exact) mass is 413 g/mol. The minimum absolute atomic E-state index is 0.104. The third-order valence-corrected chi connectivity index (χ3v) is 3.83. The molecule has 0 unspecified atom stereocenters. The number of nitrogens with zero attached hydrogens (tertiary/aromatic N) is 1. The molecule has 0 aliphatic rings. The molecule has 0 radical (unpaired) electrons. The van der Waals surface area contributed by atoms with Crippen LogP contribution in [0.25, 0.3) is 0 Å². The van der Waals surface area contributed by atoms with Crippen LogP contribution in [0.2, 0.25) is 5.15 Å². The lowest BCUT2D eigenvalue weighted by Crippen LogP contribution is -2.32. The van der Waals surface area contributed by atoms with Gasteiger partial charge in [-0.15, -0.1) is 0 Å². The second-order valence-electron chi connectivity index (χ2n) is 5.85. The molecule has 2 heterocycles. The Bertz CT molecular complexity index is 1030. The van der Waals surface area contributed by atoms with Crippen molar-refractivity contribution in [2.45, 2.75) is 0 Å². The van der Waals surface area contributed by atoms with Crippen LogP contribution in [-0.4, -0.2) is 29.3 Å². The molecule has 29 heavy (non-hydrogen) atoms. The number of furan rings is 1. The number of amides is 3. The summed E-state index contributed by atoms with van der Waals surface area (Å²) in [7, 11) is 0. The molecular formula is C19H16ClN5O4. The number of nitrogens with two attached hydrogens (primary N) is 1. The average molecular weight is 414 g/mol. The number of anilines is 3. The van der Waals surface area contributed by atoms with Crippen molar-refractivity contribution in [3.05, 3.63) is 71.3 Å². The van der Waals surface area contributed by atoms with Gasteiger partial charge in [0, 0.05) is 16.9 Å². The summed E-state index contributed by atoms with van der Waals surface area (Å²) in [6.07, 6.45) is 1.36. The number of carbonyl (C=O) groups excluding carboxylic acids is 3.